The molecule has 0 heterocycles. The van der Waals surface area contributed by atoms with Gasteiger partial charge in [-0.05, 0) is 37.4 Å². The van der Waals surface area contributed by atoms with Crippen molar-refractivity contribution in [1.29, 1.82) is 0 Å². The number of methoxy groups -OCH3 is 1. The van der Waals surface area contributed by atoms with Gasteiger partial charge in [0.15, 0.2) is 14.6 Å². The summed E-state index contributed by atoms with van der Waals surface area (Å²) >= 11 is 0. The van der Waals surface area contributed by atoms with Crippen molar-refractivity contribution in [3.05, 3.63) is 12.7 Å². The van der Waals surface area contributed by atoms with Gasteiger partial charge in [-0.2, -0.15) is 0 Å². The lowest BCUT2D eigenvalue weighted by atomic mass is 10.1. The second-order valence-corrected chi connectivity index (χ2v) is 13.3. The van der Waals surface area contributed by atoms with Crippen LogP contribution in [0.1, 0.15) is 78.6 Å². The van der Waals surface area contributed by atoms with Crippen molar-refractivity contribution in [2.24, 2.45) is 0 Å². The monoisotopic (exact) mass is 372 g/mol. The molecular weight excluding hydrogens is 328 g/mol. The lowest BCUT2D eigenvalue weighted by molar-refractivity contribution is -0.119. The largest absolute Gasteiger partial charge is 0.417 e. The zero-order valence-corrected chi connectivity index (χ0v) is 18.9. The van der Waals surface area contributed by atoms with Crippen molar-refractivity contribution in [1.82, 2.24) is 0 Å². The van der Waals surface area contributed by atoms with E-state index >= 15 is 0 Å². The standard InChI is InChI=1S/C21H44O3Si/c1-8-18-23-20(22-5)17-15-13-11-9-10-12-14-16-19-24-25(6,7)21(2,3)4/h8,20H,1,9-19H2,2-7H3. The average Bonchev–Trinajstić information content (AvgIpc) is 2.54. The van der Waals surface area contributed by atoms with Crippen LogP contribution in [0.5, 0.6) is 0 Å². The molecule has 0 amide bonds. The van der Waals surface area contributed by atoms with Crippen LogP contribution in [0, 0.1) is 0 Å². The first-order valence-corrected chi connectivity index (χ1v) is 13.0. The Bertz CT molecular complexity index is 324. The summed E-state index contributed by atoms with van der Waals surface area (Å²) in [5, 5.41) is 0.325. The van der Waals surface area contributed by atoms with Gasteiger partial charge in [0.2, 0.25) is 0 Å². The van der Waals surface area contributed by atoms with E-state index in [1.165, 1.54) is 51.4 Å². The minimum absolute atomic E-state index is 0.0705. The fourth-order valence-electron chi connectivity index (χ4n) is 2.46. The first-order valence-electron chi connectivity index (χ1n) is 10.1. The molecule has 0 aliphatic rings. The third-order valence-electron chi connectivity index (χ3n) is 5.27. The summed E-state index contributed by atoms with van der Waals surface area (Å²) in [6.07, 6.45) is 13.0. The summed E-state index contributed by atoms with van der Waals surface area (Å²) < 4.78 is 17.0. The molecule has 0 rings (SSSR count). The van der Waals surface area contributed by atoms with Crippen molar-refractivity contribution >= 4 is 8.32 Å². The smallest absolute Gasteiger partial charge is 0.191 e. The number of hydrogen-bond acceptors (Lipinski definition) is 3. The Hall–Kier alpha value is -0.163. The Morgan fingerprint density at radius 2 is 1.44 bits per heavy atom. The van der Waals surface area contributed by atoms with Gasteiger partial charge in [-0.15, -0.1) is 6.58 Å². The van der Waals surface area contributed by atoms with Gasteiger partial charge in [-0.3, -0.25) is 0 Å². The van der Waals surface area contributed by atoms with Crippen molar-refractivity contribution in [2.45, 2.75) is 103 Å². The number of hydrogen-bond donors (Lipinski definition) is 0. The summed E-state index contributed by atoms with van der Waals surface area (Å²) in [4.78, 5) is 0. The number of ether oxygens (including phenoxy) is 2. The molecule has 4 heteroatoms. The van der Waals surface area contributed by atoms with E-state index in [1.54, 1.807) is 13.2 Å². The molecule has 0 fully saturated rings. The maximum atomic E-state index is 6.22. The van der Waals surface area contributed by atoms with Gasteiger partial charge in [0.1, 0.15) is 0 Å². The van der Waals surface area contributed by atoms with Crippen molar-refractivity contribution in [3.8, 4) is 0 Å². The van der Waals surface area contributed by atoms with E-state index in [2.05, 4.69) is 40.4 Å². The third kappa shape index (κ3) is 12.8. The van der Waals surface area contributed by atoms with Gasteiger partial charge in [-0.1, -0.05) is 65.4 Å². The maximum absolute atomic E-state index is 6.22. The Kier molecular flexibility index (Phi) is 13.9. The number of unbranched alkanes of at least 4 members (excludes halogenated alkanes) is 7. The molecule has 25 heavy (non-hydrogen) atoms. The highest BCUT2D eigenvalue weighted by Crippen LogP contribution is 2.36. The molecular formula is C21H44O3Si. The van der Waals surface area contributed by atoms with Crippen LogP contribution in [0.15, 0.2) is 12.7 Å². The van der Waals surface area contributed by atoms with Gasteiger partial charge in [0.05, 0.1) is 6.61 Å². The van der Waals surface area contributed by atoms with Crippen LogP contribution >= 0.6 is 0 Å². The van der Waals surface area contributed by atoms with Crippen LogP contribution in [0.2, 0.25) is 18.1 Å². The van der Waals surface area contributed by atoms with Crippen LogP contribution in [0.3, 0.4) is 0 Å². The molecule has 0 aromatic carbocycles. The zero-order valence-electron chi connectivity index (χ0n) is 17.9. The molecule has 0 spiro atoms. The van der Waals surface area contributed by atoms with Gasteiger partial charge in [0.25, 0.3) is 0 Å². The quantitative estimate of drug-likeness (QED) is 0.131. The molecule has 0 aromatic rings. The minimum atomic E-state index is -1.54. The normalized spacial score (nSPS) is 13.8. The van der Waals surface area contributed by atoms with Gasteiger partial charge >= 0.3 is 0 Å². The predicted octanol–water partition coefficient (Wildman–Crippen LogP) is 6.69. The van der Waals surface area contributed by atoms with Gasteiger partial charge in [0, 0.05) is 13.7 Å². The van der Waals surface area contributed by atoms with Gasteiger partial charge < -0.3 is 13.9 Å². The van der Waals surface area contributed by atoms with Crippen LogP contribution < -0.4 is 0 Å². The molecule has 0 radical (unpaired) electrons. The molecule has 0 aliphatic heterocycles. The Balaban J connectivity index is 3.43. The molecule has 1 atom stereocenters. The Morgan fingerprint density at radius 3 is 1.92 bits per heavy atom. The summed E-state index contributed by atoms with van der Waals surface area (Å²) in [6, 6.07) is 0. The topological polar surface area (TPSA) is 27.7 Å². The van der Waals surface area contributed by atoms with Crippen LogP contribution in [-0.4, -0.2) is 34.9 Å². The highest BCUT2D eigenvalue weighted by Gasteiger charge is 2.36. The van der Waals surface area contributed by atoms with E-state index in [-0.39, 0.29) is 6.29 Å². The first-order chi connectivity index (χ1) is 11.7. The summed E-state index contributed by atoms with van der Waals surface area (Å²) in [5.74, 6) is 0. The molecule has 0 aliphatic carbocycles. The van der Waals surface area contributed by atoms with Crippen LogP contribution in [-0.2, 0) is 13.9 Å². The maximum Gasteiger partial charge on any atom is 0.191 e. The van der Waals surface area contributed by atoms with Gasteiger partial charge in [-0.25, -0.2) is 0 Å². The first kappa shape index (κ1) is 24.8. The zero-order chi connectivity index (χ0) is 19.2. The van der Waals surface area contributed by atoms with E-state index in [9.17, 15) is 0 Å². The molecule has 3 nitrogen and oxygen atoms in total. The minimum Gasteiger partial charge on any atom is -0.417 e. The summed E-state index contributed by atoms with van der Waals surface area (Å²) in [7, 11) is 0.168. The summed E-state index contributed by atoms with van der Waals surface area (Å²) in [6.45, 7) is 16.8. The van der Waals surface area contributed by atoms with Crippen LogP contribution in [0.4, 0.5) is 0 Å². The van der Waals surface area contributed by atoms with E-state index in [0.29, 0.717) is 11.6 Å². The van der Waals surface area contributed by atoms with E-state index in [1.807, 2.05) is 0 Å². The van der Waals surface area contributed by atoms with E-state index in [4.69, 9.17) is 13.9 Å². The van der Waals surface area contributed by atoms with Crippen molar-refractivity contribution in [3.63, 3.8) is 0 Å². The molecule has 0 bridgehead atoms. The lowest BCUT2D eigenvalue weighted by Gasteiger charge is -2.36. The molecule has 0 saturated carbocycles. The van der Waals surface area contributed by atoms with Crippen molar-refractivity contribution < 1.29 is 13.9 Å². The molecule has 0 aromatic heterocycles. The highest BCUT2D eigenvalue weighted by atomic mass is 28.4. The Labute approximate surface area is 158 Å². The summed E-state index contributed by atoms with van der Waals surface area (Å²) in [5.41, 5.74) is 0. The Morgan fingerprint density at radius 1 is 0.920 bits per heavy atom. The van der Waals surface area contributed by atoms with Crippen molar-refractivity contribution in [2.75, 3.05) is 20.3 Å². The average molecular weight is 373 g/mol. The lowest BCUT2D eigenvalue weighted by Crippen LogP contribution is -2.40. The van der Waals surface area contributed by atoms with E-state index in [0.717, 1.165) is 13.0 Å². The fraction of sp³-hybridized carbons (Fsp3) is 0.905. The SMILES string of the molecule is C=CCOC(CCCCCCCCCCO[Si](C)(C)C(C)(C)C)OC. The van der Waals surface area contributed by atoms with Crippen LogP contribution in [0.25, 0.3) is 0 Å². The molecule has 0 saturated heterocycles. The fourth-order valence-corrected chi connectivity index (χ4v) is 3.55. The molecule has 150 valence electrons. The highest BCUT2D eigenvalue weighted by molar-refractivity contribution is 6.74. The molecule has 0 N–H and O–H groups in total. The molecule has 1 unspecified atom stereocenters. The van der Waals surface area contributed by atoms with E-state index < -0.39 is 8.32 Å². The number of rotatable bonds is 16. The third-order valence-corrected chi connectivity index (χ3v) is 9.80. The predicted molar refractivity (Wildman–Crippen MR) is 112 cm³/mol. The second kappa shape index (κ2) is 14.0. The second-order valence-electron chi connectivity index (χ2n) is 8.51.